The zero-order chi connectivity index (χ0) is 13.9. The van der Waals surface area contributed by atoms with Crippen molar-refractivity contribution in [1.82, 2.24) is 0 Å². The first-order chi connectivity index (χ1) is 9.03. The van der Waals surface area contributed by atoms with Crippen LogP contribution in [-0.4, -0.2) is 8.42 Å². The number of rotatable bonds is 3. The fourth-order valence-corrected chi connectivity index (χ4v) is 2.54. The third-order valence-electron chi connectivity index (χ3n) is 2.33. The normalized spacial score (nSPS) is 10.7. The number of benzene rings is 2. The summed E-state index contributed by atoms with van der Waals surface area (Å²) in [5.41, 5.74) is -0.108. The van der Waals surface area contributed by atoms with Gasteiger partial charge in [-0.1, -0.05) is 18.2 Å². The zero-order valence-corrected chi connectivity index (χ0v) is 10.4. The lowest BCUT2D eigenvalue weighted by molar-refractivity contribution is 0.601. The highest BCUT2D eigenvalue weighted by Gasteiger charge is 2.15. The summed E-state index contributed by atoms with van der Waals surface area (Å²) in [6.07, 6.45) is 0. The van der Waals surface area contributed by atoms with Crippen LogP contribution in [-0.2, 0) is 10.0 Å². The third kappa shape index (κ3) is 2.89. The smallest absolute Gasteiger partial charge is 0.261 e. The second kappa shape index (κ2) is 5.08. The molecule has 0 spiro atoms. The number of sulfonamides is 1. The van der Waals surface area contributed by atoms with E-state index < -0.39 is 15.8 Å². The molecular weight excluding hydrogens is 267 g/mol. The number of nitrogens with one attached hydrogen (secondary N) is 1. The van der Waals surface area contributed by atoms with Crippen LogP contribution in [0.4, 0.5) is 10.1 Å². The molecule has 0 aliphatic heterocycles. The van der Waals surface area contributed by atoms with Gasteiger partial charge in [0, 0.05) is 6.07 Å². The second-order valence-electron chi connectivity index (χ2n) is 3.64. The van der Waals surface area contributed by atoms with E-state index in [0.29, 0.717) is 0 Å². The van der Waals surface area contributed by atoms with Crippen molar-refractivity contribution in [1.29, 1.82) is 5.26 Å². The molecule has 0 aromatic heterocycles. The van der Waals surface area contributed by atoms with Crippen molar-refractivity contribution in [3.63, 3.8) is 0 Å². The van der Waals surface area contributed by atoms with Gasteiger partial charge in [-0.15, -0.1) is 0 Å². The maximum atomic E-state index is 12.9. The minimum atomic E-state index is -3.80. The average Bonchev–Trinajstić information content (AvgIpc) is 2.41. The molecular formula is C13H8FN2O2S. The van der Waals surface area contributed by atoms with Crippen LogP contribution in [0, 0.1) is 23.2 Å². The lowest BCUT2D eigenvalue weighted by Crippen LogP contribution is -2.13. The highest BCUT2D eigenvalue weighted by molar-refractivity contribution is 7.92. The van der Waals surface area contributed by atoms with Crippen molar-refractivity contribution >= 4 is 15.7 Å². The van der Waals surface area contributed by atoms with Crippen molar-refractivity contribution in [2.75, 3.05) is 4.72 Å². The number of anilines is 1. The van der Waals surface area contributed by atoms with E-state index >= 15 is 0 Å². The average molecular weight is 275 g/mol. The molecule has 1 radical (unpaired) electrons. The van der Waals surface area contributed by atoms with E-state index in [1.54, 1.807) is 24.3 Å². The fourth-order valence-electron chi connectivity index (χ4n) is 1.45. The molecule has 95 valence electrons. The van der Waals surface area contributed by atoms with Gasteiger partial charge in [0.15, 0.2) is 0 Å². The topological polar surface area (TPSA) is 70.0 Å². The van der Waals surface area contributed by atoms with Gasteiger partial charge in [0.1, 0.15) is 11.9 Å². The van der Waals surface area contributed by atoms with Gasteiger partial charge in [0.05, 0.1) is 16.1 Å². The largest absolute Gasteiger partial charge is 0.278 e. The molecule has 2 rings (SSSR count). The molecule has 0 heterocycles. The van der Waals surface area contributed by atoms with Crippen LogP contribution in [0.15, 0.2) is 47.4 Å². The molecule has 2 aromatic carbocycles. The maximum Gasteiger partial charge on any atom is 0.261 e. The van der Waals surface area contributed by atoms with Gasteiger partial charge in [-0.2, -0.15) is 5.26 Å². The van der Waals surface area contributed by atoms with Crippen LogP contribution < -0.4 is 4.72 Å². The van der Waals surface area contributed by atoms with Gasteiger partial charge in [-0.05, 0) is 24.3 Å². The summed E-state index contributed by atoms with van der Waals surface area (Å²) < 4.78 is 39.2. The summed E-state index contributed by atoms with van der Waals surface area (Å²) in [4.78, 5) is 0.0585. The van der Waals surface area contributed by atoms with Crippen LogP contribution in [0.1, 0.15) is 5.56 Å². The van der Waals surface area contributed by atoms with Crippen molar-refractivity contribution in [3.8, 4) is 6.07 Å². The Bertz CT molecular complexity index is 737. The molecule has 0 saturated heterocycles. The summed E-state index contributed by atoms with van der Waals surface area (Å²) in [6, 6.07) is 13.6. The number of hydrogen-bond acceptors (Lipinski definition) is 3. The number of nitriles is 1. The lowest BCUT2D eigenvalue weighted by atomic mass is 10.2. The van der Waals surface area contributed by atoms with Crippen LogP contribution in [0.3, 0.4) is 0 Å². The molecule has 1 N–H and O–H groups in total. The molecule has 4 nitrogen and oxygen atoms in total. The van der Waals surface area contributed by atoms with Gasteiger partial charge in [-0.3, -0.25) is 4.72 Å². The first-order valence-electron chi connectivity index (χ1n) is 5.22. The maximum absolute atomic E-state index is 12.9. The lowest BCUT2D eigenvalue weighted by Gasteiger charge is -2.09. The highest BCUT2D eigenvalue weighted by Crippen LogP contribution is 2.20. The van der Waals surface area contributed by atoms with E-state index in [9.17, 15) is 12.8 Å². The molecule has 6 heteroatoms. The Kier molecular flexibility index (Phi) is 3.49. The van der Waals surface area contributed by atoms with E-state index in [2.05, 4.69) is 10.8 Å². The van der Waals surface area contributed by atoms with E-state index in [-0.39, 0.29) is 16.1 Å². The molecule has 0 unspecified atom stereocenters. The van der Waals surface area contributed by atoms with Crippen LogP contribution in [0.5, 0.6) is 0 Å². The fraction of sp³-hybridized carbons (Fsp3) is 0. The number of halogens is 1. The Labute approximate surface area is 110 Å². The first-order valence-corrected chi connectivity index (χ1v) is 6.70. The number of hydrogen-bond donors (Lipinski definition) is 1. The van der Waals surface area contributed by atoms with E-state index in [1.165, 1.54) is 12.1 Å². The molecule has 0 aliphatic carbocycles. The van der Waals surface area contributed by atoms with Gasteiger partial charge in [0.2, 0.25) is 0 Å². The second-order valence-corrected chi connectivity index (χ2v) is 5.32. The highest BCUT2D eigenvalue weighted by atomic mass is 32.2. The van der Waals surface area contributed by atoms with Gasteiger partial charge in [0.25, 0.3) is 10.0 Å². The summed E-state index contributed by atoms with van der Waals surface area (Å²) >= 11 is 0. The van der Waals surface area contributed by atoms with Crippen LogP contribution in [0.2, 0.25) is 0 Å². The van der Waals surface area contributed by atoms with Crippen molar-refractivity contribution in [2.24, 2.45) is 0 Å². The molecule has 0 bridgehead atoms. The molecule has 0 amide bonds. The molecule has 0 atom stereocenters. The Morgan fingerprint density at radius 3 is 2.58 bits per heavy atom. The Morgan fingerprint density at radius 2 is 1.95 bits per heavy atom. The Balaban J connectivity index is 2.40. The molecule has 2 aromatic rings. The number of nitrogens with zero attached hydrogens (tertiary/aromatic N) is 1. The van der Waals surface area contributed by atoms with Gasteiger partial charge >= 0.3 is 0 Å². The van der Waals surface area contributed by atoms with E-state index in [4.69, 9.17) is 5.26 Å². The first kappa shape index (κ1) is 13.1. The molecule has 0 saturated carbocycles. The summed E-state index contributed by atoms with van der Waals surface area (Å²) in [5, 5.41) is 8.84. The standard InChI is InChI=1S/C13H8FN2O2S/c14-11-6-7-13(10(8-11)9-15)16-19(17,18)12-4-2-1-3-5-12/h1-5,7-8,16H. The third-order valence-corrected chi connectivity index (χ3v) is 3.72. The van der Waals surface area contributed by atoms with Crippen molar-refractivity contribution < 1.29 is 12.8 Å². The Hall–Kier alpha value is -2.39. The summed E-state index contributed by atoms with van der Waals surface area (Å²) in [7, 11) is -3.80. The minimum absolute atomic E-state index is 0.00671. The minimum Gasteiger partial charge on any atom is -0.278 e. The van der Waals surface area contributed by atoms with Crippen molar-refractivity contribution in [2.45, 2.75) is 4.90 Å². The molecule has 0 fully saturated rings. The monoisotopic (exact) mass is 275 g/mol. The SMILES string of the molecule is N#Cc1cc(F)[c]cc1NS(=O)(=O)c1ccccc1. The van der Waals surface area contributed by atoms with Gasteiger partial charge < -0.3 is 0 Å². The van der Waals surface area contributed by atoms with E-state index in [0.717, 1.165) is 12.1 Å². The summed E-state index contributed by atoms with van der Waals surface area (Å²) in [6.45, 7) is 0. The van der Waals surface area contributed by atoms with Crippen LogP contribution in [0.25, 0.3) is 0 Å². The summed E-state index contributed by atoms with van der Waals surface area (Å²) in [5.74, 6) is -0.723. The molecule has 0 aliphatic rings. The van der Waals surface area contributed by atoms with Crippen molar-refractivity contribution in [3.05, 3.63) is 59.9 Å². The predicted octanol–water partition coefficient (Wildman–Crippen LogP) is 2.30. The van der Waals surface area contributed by atoms with Crippen LogP contribution >= 0.6 is 0 Å². The van der Waals surface area contributed by atoms with Gasteiger partial charge in [-0.25, -0.2) is 12.8 Å². The Morgan fingerprint density at radius 1 is 1.26 bits per heavy atom. The van der Waals surface area contributed by atoms with E-state index in [1.807, 2.05) is 0 Å². The predicted molar refractivity (Wildman–Crippen MR) is 67.2 cm³/mol. The quantitative estimate of drug-likeness (QED) is 0.934. The molecule has 19 heavy (non-hydrogen) atoms. The zero-order valence-electron chi connectivity index (χ0n) is 9.59.